The summed E-state index contributed by atoms with van der Waals surface area (Å²) in [4.78, 5) is 48.8. The van der Waals surface area contributed by atoms with Crippen molar-refractivity contribution in [2.75, 3.05) is 5.32 Å². The SMILES string of the molecule is CC(=O)c1ccc(NC(=O)NC2CC(O)(C(=O)NC(Cc3ccc(O)cc3)C(N)=O)CC(O)C2O)cc1. The molecule has 5 atom stereocenters. The molecule has 0 radical (unpaired) electrons. The van der Waals surface area contributed by atoms with E-state index in [4.69, 9.17) is 5.73 Å². The van der Waals surface area contributed by atoms with Gasteiger partial charge in [0.25, 0.3) is 5.91 Å². The summed E-state index contributed by atoms with van der Waals surface area (Å²) in [6.45, 7) is 1.40. The Balaban J connectivity index is 1.67. The number of amides is 4. The lowest BCUT2D eigenvalue weighted by atomic mass is 9.77. The summed E-state index contributed by atoms with van der Waals surface area (Å²) in [5, 5.41) is 48.5. The molecule has 3 rings (SSSR count). The molecule has 2 aromatic carbocycles. The molecule has 2 aromatic rings. The molecule has 9 N–H and O–H groups in total. The minimum absolute atomic E-state index is 0.0168. The fourth-order valence-corrected chi connectivity index (χ4v) is 4.13. The first-order chi connectivity index (χ1) is 17.4. The largest absolute Gasteiger partial charge is 0.508 e. The van der Waals surface area contributed by atoms with Crippen LogP contribution in [0.1, 0.15) is 35.7 Å². The van der Waals surface area contributed by atoms with Gasteiger partial charge < -0.3 is 42.1 Å². The van der Waals surface area contributed by atoms with Crippen molar-refractivity contribution in [2.45, 2.75) is 56.1 Å². The van der Waals surface area contributed by atoms with Gasteiger partial charge in [0.05, 0.1) is 12.1 Å². The highest BCUT2D eigenvalue weighted by molar-refractivity contribution is 5.95. The van der Waals surface area contributed by atoms with E-state index in [9.17, 15) is 39.6 Å². The maximum absolute atomic E-state index is 13.0. The van der Waals surface area contributed by atoms with Gasteiger partial charge in [0, 0.05) is 30.5 Å². The minimum atomic E-state index is -2.23. The van der Waals surface area contributed by atoms with E-state index in [0.717, 1.165) is 0 Å². The summed E-state index contributed by atoms with van der Waals surface area (Å²) >= 11 is 0. The number of phenols is 1. The van der Waals surface area contributed by atoms with Crippen molar-refractivity contribution in [3.63, 3.8) is 0 Å². The van der Waals surface area contributed by atoms with Gasteiger partial charge in [-0.1, -0.05) is 12.1 Å². The van der Waals surface area contributed by atoms with Crippen LogP contribution >= 0.6 is 0 Å². The number of carbonyl (C=O) groups excluding carboxylic acids is 4. The van der Waals surface area contributed by atoms with Gasteiger partial charge in [-0.25, -0.2) is 4.79 Å². The van der Waals surface area contributed by atoms with Gasteiger partial charge in [-0.15, -0.1) is 0 Å². The number of aliphatic hydroxyl groups excluding tert-OH is 2. The van der Waals surface area contributed by atoms with Crippen LogP contribution in [0.3, 0.4) is 0 Å². The van der Waals surface area contributed by atoms with Crippen molar-refractivity contribution < 1.29 is 39.6 Å². The van der Waals surface area contributed by atoms with Gasteiger partial charge in [-0.3, -0.25) is 14.4 Å². The Morgan fingerprint density at radius 2 is 1.65 bits per heavy atom. The predicted molar refractivity (Wildman–Crippen MR) is 132 cm³/mol. The lowest BCUT2D eigenvalue weighted by molar-refractivity contribution is -0.158. The smallest absolute Gasteiger partial charge is 0.319 e. The van der Waals surface area contributed by atoms with Crippen molar-refractivity contribution in [3.8, 4) is 5.75 Å². The summed E-state index contributed by atoms with van der Waals surface area (Å²) in [7, 11) is 0. The van der Waals surface area contributed by atoms with Crippen LogP contribution in [0.15, 0.2) is 48.5 Å². The van der Waals surface area contributed by atoms with Gasteiger partial charge in [-0.2, -0.15) is 0 Å². The number of nitrogens with two attached hydrogens (primary N) is 1. The van der Waals surface area contributed by atoms with Gasteiger partial charge in [0.1, 0.15) is 23.5 Å². The number of carbonyl (C=O) groups is 4. The lowest BCUT2D eigenvalue weighted by Gasteiger charge is -2.41. The number of hydrogen-bond donors (Lipinski definition) is 8. The highest BCUT2D eigenvalue weighted by Gasteiger charge is 2.49. The molecule has 12 heteroatoms. The van der Waals surface area contributed by atoms with Crippen LogP contribution in [0, 0.1) is 0 Å². The highest BCUT2D eigenvalue weighted by atomic mass is 16.3. The number of nitrogens with one attached hydrogen (secondary N) is 3. The second-order valence-corrected chi connectivity index (χ2v) is 9.14. The van der Waals surface area contributed by atoms with Crippen LogP contribution < -0.4 is 21.7 Å². The predicted octanol–water partition coefficient (Wildman–Crippen LogP) is -0.456. The van der Waals surface area contributed by atoms with Crippen molar-refractivity contribution in [1.29, 1.82) is 0 Å². The van der Waals surface area contributed by atoms with Gasteiger partial charge >= 0.3 is 6.03 Å². The molecule has 1 saturated carbocycles. The Kier molecular flexibility index (Phi) is 8.48. The van der Waals surface area contributed by atoms with Crippen molar-refractivity contribution in [3.05, 3.63) is 59.7 Å². The monoisotopic (exact) mass is 514 g/mol. The lowest BCUT2D eigenvalue weighted by Crippen LogP contribution is -2.64. The number of hydrogen-bond acceptors (Lipinski definition) is 8. The van der Waals surface area contributed by atoms with Crippen LogP contribution in [0.25, 0.3) is 0 Å². The standard InChI is InChI=1S/C25H30N4O8/c1-13(30)15-4-6-16(7-5-15)27-24(36)29-19-11-25(37,12-20(32)21(19)33)23(35)28-18(22(26)34)10-14-2-8-17(31)9-3-14/h2-9,18-21,31-33,37H,10-12H2,1H3,(H2,26,34)(H,28,35)(H2,27,29,36). The summed E-state index contributed by atoms with van der Waals surface area (Å²) in [5.41, 5.74) is 4.57. The molecule has 12 nitrogen and oxygen atoms in total. The Morgan fingerprint density at radius 3 is 2.22 bits per heavy atom. The number of anilines is 1. The maximum Gasteiger partial charge on any atom is 0.319 e. The molecular formula is C25H30N4O8. The van der Waals surface area contributed by atoms with Crippen molar-refractivity contribution in [1.82, 2.24) is 10.6 Å². The number of benzene rings is 2. The Labute approximate surface area is 212 Å². The fraction of sp³-hybridized carbons (Fsp3) is 0.360. The van der Waals surface area contributed by atoms with Crippen LogP contribution in [0.2, 0.25) is 0 Å². The van der Waals surface area contributed by atoms with Gasteiger partial charge in [-0.05, 0) is 48.9 Å². The average Bonchev–Trinajstić information content (AvgIpc) is 2.83. The maximum atomic E-state index is 13.0. The molecule has 0 bridgehead atoms. The number of primary amides is 1. The molecule has 0 aromatic heterocycles. The first kappa shape index (κ1) is 27.6. The summed E-state index contributed by atoms with van der Waals surface area (Å²) in [5.74, 6) is -2.00. The fourth-order valence-electron chi connectivity index (χ4n) is 4.13. The number of rotatable bonds is 8. The summed E-state index contributed by atoms with van der Waals surface area (Å²) in [6.07, 6.45) is -4.07. The molecule has 0 aliphatic heterocycles. The third kappa shape index (κ3) is 7.03. The molecule has 5 unspecified atom stereocenters. The van der Waals surface area contributed by atoms with E-state index < -0.39 is 60.6 Å². The molecule has 1 fully saturated rings. The Bertz CT molecular complexity index is 1150. The first-order valence-corrected chi connectivity index (χ1v) is 11.5. The zero-order valence-electron chi connectivity index (χ0n) is 20.0. The molecule has 0 saturated heterocycles. The molecular weight excluding hydrogens is 484 g/mol. The normalized spacial score (nSPS) is 23.9. The number of Topliss-reactive ketones (excluding diaryl/α,β-unsaturated/α-hetero) is 1. The third-order valence-corrected chi connectivity index (χ3v) is 6.22. The highest BCUT2D eigenvalue weighted by Crippen LogP contribution is 2.30. The molecule has 37 heavy (non-hydrogen) atoms. The topological polar surface area (TPSA) is 211 Å². The summed E-state index contributed by atoms with van der Waals surface area (Å²) in [6, 6.07) is 8.73. The average molecular weight is 515 g/mol. The van der Waals surface area contributed by atoms with Crippen molar-refractivity contribution >= 4 is 29.3 Å². The van der Waals surface area contributed by atoms with Gasteiger partial charge in [0.15, 0.2) is 5.78 Å². The number of aromatic hydroxyl groups is 1. The second-order valence-electron chi connectivity index (χ2n) is 9.14. The van der Waals surface area contributed by atoms with E-state index in [2.05, 4.69) is 16.0 Å². The van der Waals surface area contributed by atoms with Crippen molar-refractivity contribution in [2.24, 2.45) is 5.73 Å². The minimum Gasteiger partial charge on any atom is -0.508 e. The number of urea groups is 1. The quantitative estimate of drug-likeness (QED) is 0.216. The molecule has 0 heterocycles. The van der Waals surface area contributed by atoms with Crippen LogP contribution in [0.5, 0.6) is 5.75 Å². The third-order valence-electron chi connectivity index (χ3n) is 6.22. The number of ketones is 1. The van der Waals surface area contributed by atoms with E-state index in [0.29, 0.717) is 16.8 Å². The molecule has 0 spiro atoms. The van der Waals surface area contributed by atoms with E-state index in [1.807, 2.05) is 0 Å². The molecule has 198 valence electrons. The first-order valence-electron chi connectivity index (χ1n) is 11.5. The Morgan fingerprint density at radius 1 is 1.03 bits per heavy atom. The zero-order valence-corrected chi connectivity index (χ0v) is 20.0. The van der Waals surface area contributed by atoms with Crippen LogP contribution in [-0.4, -0.2) is 73.9 Å². The second kappa shape index (κ2) is 11.4. The van der Waals surface area contributed by atoms with E-state index in [1.165, 1.54) is 43.3 Å². The number of phenolic OH excluding ortho intramolecular Hbond substituents is 1. The van der Waals surface area contributed by atoms with E-state index in [-0.39, 0.29) is 18.0 Å². The number of aliphatic hydroxyl groups is 3. The Hall–Kier alpha value is -4.00. The molecule has 4 amide bonds. The van der Waals surface area contributed by atoms with E-state index in [1.54, 1.807) is 12.1 Å². The van der Waals surface area contributed by atoms with Crippen LogP contribution in [-0.2, 0) is 16.0 Å². The molecule has 1 aliphatic carbocycles. The summed E-state index contributed by atoms with van der Waals surface area (Å²) < 4.78 is 0. The van der Waals surface area contributed by atoms with E-state index >= 15 is 0 Å². The van der Waals surface area contributed by atoms with Gasteiger partial charge in [0.2, 0.25) is 5.91 Å². The molecule has 1 aliphatic rings. The van der Waals surface area contributed by atoms with Crippen LogP contribution in [0.4, 0.5) is 10.5 Å². The zero-order chi connectivity index (χ0) is 27.3.